The first-order valence-corrected chi connectivity index (χ1v) is 9.82. The van der Waals surface area contributed by atoms with Gasteiger partial charge < -0.3 is 10.4 Å². The highest BCUT2D eigenvalue weighted by Crippen LogP contribution is 2.33. The van der Waals surface area contributed by atoms with Crippen LogP contribution in [0.2, 0.25) is 0 Å². The van der Waals surface area contributed by atoms with Crippen LogP contribution >= 0.6 is 11.8 Å². The molecule has 0 fully saturated rings. The van der Waals surface area contributed by atoms with Crippen LogP contribution in [0.1, 0.15) is 39.3 Å². The lowest BCUT2D eigenvalue weighted by atomic mass is 9.91. The molecule has 0 saturated heterocycles. The first-order valence-electron chi connectivity index (χ1n) is 9.00. The predicted octanol–water partition coefficient (Wildman–Crippen LogP) is 5.19. The minimum atomic E-state index is -1.10. The number of aryl methyl sites for hydroxylation is 1. The summed E-state index contributed by atoms with van der Waals surface area (Å²) in [5.41, 5.74) is 2.16. The average molecular weight is 390 g/mol. The topological polar surface area (TPSA) is 79.3 Å². The molecule has 2 N–H and O–H groups in total. The number of hydrogen-bond acceptors (Lipinski definition) is 5. The highest BCUT2D eigenvalue weighted by atomic mass is 32.2. The first kappa shape index (κ1) is 18.3. The van der Waals surface area contributed by atoms with Gasteiger partial charge in [-0.05, 0) is 49.2 Å². The van der Waals surface area contributed by atoms with Gasteiger partial charge in [0.15, 0.2) is 5.78 Å². The lowest BCUT2D eigenvalue weighted by Crippen LogP contribution is -2.18. The number of carbonyl (C=O) groups excluding carboxylic acids is 1. The lowest BCUT2D eigenvalue weighted by molar-refractivity contribution is 0.0697. The summed E-state index contributed by atoms with van der Waals surface area (Å²) in [4.78, 5) is 30.5. The summed E-state index contributed by atoms with van der Waals surface area (Å²) in [6.45, 7) is 0. The molecule has 0 unspecified atom stereocenters. The summed E-state index contributed by atoms with van der Waals surface area (Å²) in [7, 11) is 0. The van der Waals surface area contributed by atoms with Crippen LogP contribution in [0.3, 0.4) is 0 Å². The summed E-state index contributed by atoms with van der Waals surface area (Å²) >= 11 is 1.65. The van der Waals surface area contributed by atoms with E-state index in [1.54, 1.807) is 11.8 Å². The Balaban J connectivity index is 1.63. The zero-order chi connectivity index (χ0) is 19.5. The summed E-state index contributed by atoms with van der Waals surface area (Å²) < 4.78 is 0. The molecule has 28 heavy (non-hydrogen) atoms. The number of fused-ring (bicyclic) bond motifs is 1. The molecule has 1 aromatic heterocycles. The molecule has 0 radical (unpaired) electrons. The number of pyridine rings is 1. The number of anilines is 2. The van der Waals surface area contributed by atoms with Gasteiger partial charge in [-0.3, -0.25) is 9.78 Å². The smallest absolute Gasteiger partial charge is 0.339 e. The van der Waals surface area contributed by atoms with Crippen molar-refractivity contribution in [3.63, 3.8) is 0 Å². The standard InChI is InChI=1S/C22H18N2O3S/c25-19-8-4-7-18-20(19)21(17(13-23-18)22(26)27)24-14-9-11-16(12-10-14)28-15-5-2-1-3-6-15/h1-3,5-6,9-13H,4,7-8H2,(H,23,24)(H,26,27). The quantitative estimate of drug-likeness (QED) is 0.624. The van der Waals surface area contributed by atoms with E-state index in [1.165, 1.54) is 6.20 Å². The van der Waals surface area contributed by atoms with Crippen molar-refractivity contribution in [2.75, 3.05) is 5.32 Å². The number of nitrogens with zero attached hydrogens (tertiary/aromatic N) is 1. The van der Waals surface area contributed by atoms with Gasteiger partial charge in [-0.15, -0.1) is 0 Å². The number of aromatic carboxylic acids is 1. The Morgan fingerprint density at radius 3 is 2.43 bits per heavy atom. The number of benzene rings is 2. The fourth-order valence-electron chi connectivity index (χ4n) is 3.25. The zero-order valence-corrected chi connectivity index (χ0v) is 15.8. The van der Waals surface area contributed by atoms with E-state index >= 15 is 0 Å². The second kappa shape index (κ2) is 7.86. The van der Waals surface area contributed by atoms with Gasteiger partial charge in [0, 0.05) is 28.1 Å². The van der Waals surface area contributed by atoms with Gasteiger partial charge in [0.25, 0.3) is 0 Å². The van der Waals surface area contributed by atoms with Crippen LogP contribution in [0.4, 0.5) is 11.4 Å². The van der Waals surface area contributed by atoms with Gasteiger partial charge in [-0.25, -0.2) is 4.79 Å². The lowest BCUT2D eigenvalue weighted by Gasteiger charge is -2.20. The van der Waals surface area contributed by atoms with Crippen molar-refractivity contribution < 1.29 is 14.7 Å². The van der Waals surface area contributed by atoms with Gasteiger partial charge in [-0.1, -0.05) is 30.0 Å². The molecule has 0 saturated carbocycles. The van der Waals surface area contributed by atoms with E-state index in [9.17, 15) is 14.7 Å². The van der Waals surface area contributed by atoms with E-state index in [2.05, 4.69) is 10.3 Å². The molecule has 0 bridgehead atoms. The highest BCUT2D eigenvalue weighted by molar-refractivity contribution is 7.99. The predicted molar refractivity (Wildman–Crippen MR) is 109 cm³/mol. The molecule has 1 aliphatic carbocycles. The Hall–Kier alpha value is -3.12. The number of Topliss-reactive ketones (excluding diaryl/α,β-unsaturated/α-hetero) is 1. The van der Waals surface area contributed by atoms with Gasteiger partial charge in [-0.2, -0.15) is 0 Å². The number of ketones is 1. The fraction of sp³-hybridized carbons (Fsp3) is 0.136. The van der Waals surface area contributed by atoms with Crippen LogP contribution in [0.5, 0.6) is 0 Å². The Labute approximate surface area is 166 Å². The third-order valence-electron chi connectivity index (χ3n) is 4.59. The summed E-state index contributed by atoms with van der Waals surface area (Å²) in [6, 6.07) is 17.8. The second-order valence-electron chi connectivity index (χ2n) is 6.51. The zero-order valence-electron chi connectivity index (χ0n) is 15.0. The molecule has 0 amide bonds. The van der Waals surface area contributed by atoms with Crippen LogP contribution in [0.15, 0.2) is 70.6 Å². The molecule has 1 aliphatic rings. The third kappa shape index (κ3) is 3.77. The molecule has 3 aromatic rings. The summed E-state index contributed by atoms with van der Waals surface area (Å²) in [5, 5.41) is 12.7. The van der Waals surface area contributed by atoms with Crippen LogP contribution in [-0.2, 0) is 6.42 Å². The second-order valence-corrected chi connectivity index (χ2v) is 7.66. The van der Waals surface area contributed by atoms with Gasteiger partial charge in [0.05, 0.1) is 16.9 Å². The van der Waals surface area contributed by atoms with Crippen molar-refractivity contribution in [1.82, 2.24) is 4.98 Å². The summed E-state index contributed by atoms with van der Waals surface area (Å²) in [5.74, 6) is -1.16. The molecular weight excluding hydrogens is 372 g/mol. The number of carboxylic acid groups (broad SMARTS) is 1. The molecule has 0 aliphatic heterocycles. The minimum absolute atomic E-state index is 0.0109. The molecule has 140 valence electrons. The molecule has 6 heteroatoms. The third-order valence-corrected chi connectivity index (χ3v) is 5.60. The van der Waals surface area contributed by atoms with Crippen LogP contribution in [0.25, 0.3) is 0 Å². The van der Waals surface area contributed by atoms with Crippen molar-refractivity contribution in [2.45, 2.75) is 29.1 Å². The molecule has 4 rings (SSSR count). The minimum Gasteiger partial charge on any atom is -0.478 e. The van der Waals surface area contributed by atoms with Crippen molar-refractivity contribution in [3.8, 4) is 0 Å². The van der Waals surface area contributed by atoms with Crippen molar-refractivity contribution in [3.05, 3.63) is 77.6 Å². The summed E-state index contributed by atoms with van der Waals surface area (Å²) in [6.07, 6.45) is 3.18. The molecule has 0 atom stereocenters. The van der Waals surface area contributed by atoms with E-state index in [1.807, 2.05) is 54.6 Å². The number of aromatic nitrogens is 1. The van der Waals surface area contributed by atoms with Crippen molar-refractivity contribution >= 4 is 34.9 Å². The Morgan fingerprint density at radius 2 is 1.71 bits per heavy atom. The van der Waals surface area contributed by atoms with Crippen LogP contribution in [0, 0.1) is 0 Å². The van der Waals surface area contributed by atoms with Crippen molar-refractivity contribution in [2.24, 2.45) is 0 Å². The fourth-order valence-corrected chi connectivity index (χ4v) is 4.09. The normalized spacial score (nSPS) is 13.1. The maximum atomic E-state index is 12.5. The van der Waals surface area contributed by atoms with Crippen LogP contribution in [-0.4, -0.2) is 21.8 Å². The molecular formula is C22H18N2O3S. The van der Waals surface area contributed by atoms with Gasteiger partial charge >= 0.3 is 5.97 Å². The maximum absolute atomic E-state index is 12.5. The largest absolute Gasteiger partial charge is 0.478 e. The Kier molecular flexibility index (Phi) is 5.12. The molecule has 5 nitrogen and oxygen atoms in total. The Morgan fingerprint density at radius 1 is 1.00 bits per heavy atom. The Bertz CT molecular complexity index is 1030. The first-order chi connectivity index (χ1) is 13.6. The van der Waals surface area contributed by atoms with E-state index in [-0.39, 0.29) is 11.3 Å². The van der Waals surface area contributed by atoms with E-state index in [0.717, 1.165) is 21.9 Å². The van der Waals surface area contributed by atoms with Gasteiger partial charge in [0.1, 0.15) is 5.56 Å². The van der Waals surface area contributed by atoms with Crippen LogP contribution < -0.4 is 5.32 Å². The molecule has 2 aromatic carbocycles. The molecule has 1 heterocycles. The SMILES string of the molecule is O=C(O)c1cnc2c(c1Nc1ccc(Sc3ccccc3)cc1)C(=O)CCC2. The number of carboxylic acids is 1. The number of rotatable bonds is 5. The average Bonchev–Trinajstić information content (AvgIpc) is 2.70. The van der Waals surface area contributed by atoms with Gasteiger partial charge in [0.2, 0.25) is 0 Å². The number of nitrogens with one attached hydrogen (secondary N) is 1. The maximum Gasteiger partial charge on any atom is 0.339 e. The molecule has 0 spiro atoms. The number of carbonyl (C=O) groups is 2. The number of hydrogen-bond donors (Lipinski definition) is 2. The van der Waals surface area contributed by atoms with E-state index in [4.69, 9.17) is 0 Å². The highest BCUT2D eigenvalue weighted by Gasteiger charge is 2.26. The van der Waals surface area contributed by atoms with Crippen molar-refractivity contribution in [1.29, 1.82) is 0 Å². The van der Waals surface area contributed by atoms with E-state index in [0.29, 0.717) is 29.8 Å². The van der Waals surface area contributed by atoms with E-state index < -0.39 is 5.97 Å². The monoisotopic (exact) mass is 390 g/mol.